The smallest absolute Gasteiger partial charge is 0.266 e. The van der Waals surface area contributed by atoms with Crippen molar-refractivity contribution in [3.63, 3.8) is 0 Å². The molecule has 1 amide bonds. The topological polar surface area (TPSA) is 23.6 Å². The van der Waals surface area contributed by atoms with Crippen LogP contribution in [0.2, 0.25) is 0 Å². The molecule has 0 N–H and O–H groups in total. The van der Waals surface area contributed by atoms with Gasteiger partial charge in [0.15, 0.2) is 0 Å². The normalized spacial score (nSPS) is 25.8. The highest BCUT2D eigenvalue weighted by molar-refractivity contribution is 8.26. The van der Waals surface area contributed by atoms with Crippen molar-refractivity contribution in [1.82, 2.24) is 9.80 Å². The van der Waals surface area contributed by atoms with E-state index < -0.39 is 0 Å². The third-order valence-corrected chi connectivity index (χ3v) is 4.43. The number of nitrogens with zero attached hydrogens (tertiary/aromatic N) is 2. The van der Waals surface area contributed by atoms with Crippen LogP contribution in [-0.2, 0) is 4.79 Å². The number of likely N-dealkylation sites (tertiary alicyclic amines) is 1. The van der Waals surface area contributed by atoms with Crippen molar-refractivity contribution in [2.45, 2.75) is 19.8 Å². The quantitative estimate of drug-likeness (QED) is 0.566. The van der Waals surface area contributed by atoms with E-state index in [2.05, 4.69) is 18.0 Å². The van der Waals surface area contributed by atoms with Crippen molar-refractivity contribution in [3.8, 4) is 0 Å². The van der Waals surface area contributed by atoms with Crippen molar-refractivity contribution >= 4 is 34.2 Å². The lowest BCUT2D eigenvalue weighted by atomic mass is 10.3. The molecule has 3 nitrogen and oxygen atoms in total. The van der Waals surface area contributed by atoms with E-state index in [1.165, 1.54) is 23.9 Å². The zero-order valence-corrected chi connectivity index (χ0v) is 11.7. The number of carbonyl (C=O) groups excluding carboxylic acids is 1. The molecule has 2 saturated heterocycles. The summed E-state index contributed by atoms with van der Waals surface area (Å²) in [6.45, 7) is 3.70. The van der Waals surface area contributed by atoms with Crippen LogP contribution in [0.15, 0.2) is 22.8 Å². The Morgan fingerprint density at radius 2 is 2.24 bits per heavy atom. The number of likely N-dealkylation sites (N-methyl/N-ethyl adjacent to an activating group) is 1. The summed E-state index contributed by atoms with van der Waals surface area (Å²) in [5.74, 6) is 0.0417. The third kappa shape index (κ3) is 2.55. The molecule has 0 aromatic rings. The standard InChI is InChI=1S/C12H16N2OS2/c1-3-14-11(15)10(17-12(14)16)7-6-9-5-4-8-13(9)2/h6-7H,3-5,8H2,1-2H3/b9-6-,10-7-. The number of carbonyl (C=O) groups is 1. The Bertz CT molecular complexity index is 415. The largest absolute Gasteiger partial charge is 0.378 e. The van der Waals surface area contributed by atoms with Gasteiger partial charge in [0.2, 0.25) is 0 Å². The Morgan fingerprint density at radius 3 is 2.76 bits per heavy atom. The van der Waals surface area contributed by atoms with Crippen molar-refractivity contribution in [2.24, 2.45) is 0 Å². The van der Waals surface area contributed by atoms with Crippen LogP contribution in [-0.4, -0.2) is 40.2 Å². The van der Waals surface area contributed by atoms with Crippen LogP contribution in [0.4, 0.5) is 0 Å². The second-order valence-corrected chi connectivity index (χ2v) is 5.81. The van der Waals surface area contributed by atoms with Gasteiger partial charge in [0, 0.05) is 25.8 Å². The minimum Gasteiger partial charge on any atom is -0.378 e. The molecule has 17 heavy (non-hydrogen) atoms. The fourth-order valence-electron chi connectivity index (χ4n) is 2.00. The van der Waals surface area contributed by atoms with Gasteiger partial charge in [0.1, 0.15) is 4.32 Å². The molecule has 92 valence electrons. The first-order chi connectivity index (χ1) is 8.13. The van der Waals surface area contributed by atoms with E-state index in [-0.39, 0.29) is 5.91 Å². The molecule has 0 spiro atoms. The molecule has 0 aromatic heterocycles. The first-order valence-electron chi connectivity index (χ1n) is 5.79. The summed E-state index contributed by atoms with van der Waals surface area (Å²) >= 11 is 6.56. The molecule has 0 unspecified atom stereocenters. The first kappa shape index (κ1) is 12.6. The van der Waals surface area contributed by atoms with Crippen LogP contribution >= 0.6 is 24.0 Å². The Kier molecular flexibility index (Phi) is 3.89. The summed E-state index contributed by atoms with van der Waals surface area (Å²) in [7, 11) is 2.09. The summed E-state index contributed by atoms with van der Waals surface area (Å²) < 4.78 is 0.668. The van der Waals surface area contributed by atoms with Crippen LogP contribution in [0.3, 0.4) is 0 Å². The molecule has 0 atom stereocenters. The summed E-state index contributed by atoms with van der Waals surface area (Å²) in [6, 6.07) is 0. The molecule has 2 fully saturated rings. The predicted octanol–water partition coefficient (Wildman–Crippen LogP) is 2.36. The molecule has 2 heterocycles. The molecular weight excluding hydrogens is 252 g/mol. The van der Waals surface area contributed by atoms with E-state index in [0.717, 1.165) is 17.9 Å². The summed E-state index contributed by atoms with van der Waals surface area (Å²) in [4.78, 5) is 16.6. The maximum Gasteiger partial charge on any atom is 0.266 e. The molecule has 2 aliphatic rings. The second kappa shape index (κ2) is 5.23. The van der Waals surface area contributed by atoms with Gasteiger partial charge in [-0.05, 0) is 31.9 Å². The maximum atomic E-state index is 11.9. The van der Waals surface area contributed by atoms with Gasteiger partial charge in [-0.3, -0.25) is 9.69 Å². The average Bonchev–Trinajstić information content (AvgIpc) is 2.81. The molecule has 0 aromatic carbocycles. The van der Waals surface area contributed by atoms with Gasteiger partial charge in [-0.15, -0.1) is 0 Å². The monoisotopic (exact) mass is 268 g/mol. The zero-order chi connectivity index (χ0) is 12.4. The molecule has 0 saturated carbocycles. The fraction of sp³-hybridized carbons (Fsp3) is 0.500. The van der Waals surface area contributed by atoms with E-state index in [1.54, 1.807) is 4.90 Å². The van der Waals surface area contributed by atoms with Crippen LogP contribution in [0, 0.1) is 0 Å². The van der Waals surface area contributed by atoms with Gasteiger partial charge >= 0.3 is 0 Å². The van der Waals surface area contributed by atoms with Crippen molar-refractivity contribution in [2.75, 3.05) is 20.1 Å². The van der Waals surface area contributed by atoms with Crippen molar-refractivity contribution in [3.05, 3.63) is 22.8 Å². The van der Waals surface area contributed by atoms with E-state index in [0.29, 0.717) is 10.9 Å². The molecule has 2 rings (SSSR count). The van der Waals surface area contributed by atoms with Crippen LogP contribution in [0.25, 0.3) is 0 Å². The summed E-state index contributed by atoms with van der Waals surface area (Å²) in [6.07, 6.45) is 6.26. The Labute approximate surface area is 112 Å². The summed E-state index contributed by atoms with van der Waals surface area (Å²) in [5, 5.41) is 0. The zero-order valence-electron chi connectivity index (χ0n) is 10.1. The van der Waals surface area contributed by atoms with Gasteiger partial charge in [0.25, 0.3) is 5.91 Å². The van der Waals surface area contributed by atoms with Gasteiger partial charge in [-0.1, -0.05) is 24.0 Å². The highest BCUT2D eigenvalue weighted by atomic mass is 32.2. The van der Waals surface area contributed by atoms with Crippen LogP contribution in [0.1, 0.15) is 19.8 Å². The number of thioether (sulfide) groups is 1. The third-order valence-electron chi connectivity index (χ3n) is 3.03. The predicted molar refractivity (Wildman–Crippen MR) is 75.6 cm³/mol. The number of hydrogen-bond acceptors (Lipinski definition) is 4. The lowest BCUT2D eigenvalue weighted by Gasteiger charge is -2.11. The highest BCUT2D eigenvalue weighted by Crippen LogP contribution is 2.31. The van der Waals surface area contributed by atoms with Gasteiger partial charge in [0.05, 0.1) is 4.91 Å². The number of thiocarbonyl (C=S) groups is 1. The lowest BCUT2D eigenvalue weighted by molar-refractivity contribution is -0.122. The maximum absolute atomic E-state index is 11.9. The van der Waals surface area contributed by atoms with Crippen LogP contribution < -0.4 is 0 Å². The highest BCUT2D eigenvalue weighted by Gasteiger charge is 2.30. The Morgan fingerprint density at radius 1 is 1.47 bits per heavy atom. The van der Waals surface area contributed by atoms with Gasteiger partial charge < -0.3 is 4.90 Å². The van der Waals surface area contributed by atoms with E-state index in [4.69, 9.17) is 12.2 Å². The minimum absolute atomic E-state index is 0.0417. The lowest BCUT2D eigenvalue weighted by Crippen LogP contribution is -2.27. The van der Waals surface area contributed by atoms with Crippen LogP contribution in [0.5, 0.6) is 0 Å². The van der Waals surface area contributed by atoms with Gasteiger partial charge in [-0.2, -0.15) is 0 Å². The van der Waals surface area contributed by atoms with Crippen molar-refractivity contribution < 1.29 is 4.79 Å². The van der Waals surface area contributed by atoms with E-state index in [9.17, 15) is 4.79 Å². The summed E-state index contributed by atoms with van der Waals surface area (Å²) in [5.41, 5.74) is 1.30. The van der Waals surface area contributed by atoms with E-state index in [1.807, 2.05) is 13.0 Å². The Hall–Kier alpha value is -0.810. The Balaban J connectivity index is 2.13. The fourth-order valence-corrected chi connectivity index (χ4v) is 3.33. The average molecular weight is 268 g/mol. The molecule has 0 aliphatic carbocycles. The van der Waals surface area contributed by atoms with E-state index >= 15 is 0 Å². The van der Waals surface area contributed by atoms with Gasteiger partial charge in [-0.25, -0.2) is 0 Å². The number of allylic oxidation sites excluding steroid dienone is 3. The molecule has 0 radical (unpaired) electrons. The van der Waals surface area contributed by atoms with Crippen molar-refractivity contribution in [1.29, 1.82) is 0 Å². The molecular formula is C12H16N2OS2. The SMILES string of the molecule is CCN1C(=O)/C(=C/C=C2/CCCN2C)SC1=S. The molecule has 2 aliphatic heterocycles. The number of hydrogen-bond donors (Lipinski definition) is 0. The molecule has 0 bridgehead atoms. The molecule has 5 heteroatoms. The number of amides is 1. The second-order valence-electron chi connectivity index (χ2n) is 4.13. The number of rotatable bonds is 2. The minimum atomic E-state index is 0.0417. The first-order valence-corrected chi connectivity index (χ1v) is 7.01.